The van der Waals surface area contributed by atoms with Gasteiger partial charge in [-0.3, -0.25) is 4.79 Å². The fourth-order valence-corrected chi connectivity index (χ4v) is 0.784. The second-order valence-electron chi connectivity index (χ2n) is 2.32. The molecule has 1 aromatic rings. The lowest BCUT2D eigenvalue weighted by Crippen LogP contribution is -1.91. The molecule has 0 unspecified atom stereocenters. The topological polar surface area (TPSA) is 35.5 Å². The largest absolute Gasteiger partial charge is 0.429 e. The van der Waals surface area contributed by atoms with E-state index in [1.807, 2.05) is 0 Å². The Balaban J connectivity index is 2.72. The molecule has 0 saturated heterocycles. The van der Waals surface area contributed by atoms with Gasteiger partial charge in [0.2, 0.25) is 0 Å². The van der Waals surface area contributed by atoms with E-state index in [1.165, 1.54) is 24.3 Å². The molecule has 3 nitrogen and oxygen atoms in total. The van der Waals surface area contributed by atoms with Crippen LogP contribution in [-0.4, -0.2) is 6.47 Å². The number of carbonyl (C=O) groups is 1. The summed E-state index contributed by atoms with van der Waals surface area (Å²) in [5, 5.41) is 0. The number of carbonyl (C=O) groups excluding carboxylic acids is 1. The molecule has 15 heavy (non-hydrogen) atoms. The van der Waals surface area contributed by atoms with Crippen molar-refractivity contribution in [1.82, 2.24) is 0 Å². The first-order valence-electron chi connectivity index (χ1n) is 3.72. The Morgan fingerprint density at radius 1 is 1.07 bits per heavy atom. The van der Waals surface area contributed by atoms with Gasteiger partial charge in [-0.2, -0.15) is 13.2 Å². The van der Waals surface area contributed by atoms with E-state index < -0.39 is 12.1 Å². The maximum atomic E-state index is 12.3. The molecule has 0 heterocycles. The molecule has 0 amide bonds. The van der Waals surface area contributed by atoms with Crippen LogP contribution >= 0.6 is 0 Å². The molecule has 0 aliphatic heterocycles. The highest BCUT2D eigenvalue weighted by atomic mass is 19.3. The minimum Gasteiger partial charge on any atom is -0.429 e. The summed E-state index contributed by atoms with van der Waals surface area (Å²) in [6.45, 7) is 0.206. The molecular weight excluding hydrogens is 213 g/mol. The van der Waals surface area contributed by atoms with Crippen LogP contribution < -0.4 is 9.47 Å². The van der Waals surface area contributed by atoms with Crippen LogP contribution in [0.3, 0.4) is 0 Å². The Morgan fingerprint density at radius 3 is 2.07 bits per heavy atom. The van der Waals surface area contributed by atoms with Gasteiger partial charge < -0.3 is 9.47 Å². The summed E-state index contributed by atoms with van der Waals surface area (Å²) in [6, 6.07) is 2.95. The van der Waals surface area contributed by atoms with Crippen molar-refractivity contribution in [3.05, 3.63) is 36.4 Å². The van der Waals surface area contributed by atoms with E-state index >= 15 is 0 Å². The van der Waals surface area contributed by atoms with Gasteiger partial charge in [0, 0.05) is 0 Å². The van der Waals surface area contributed by atoms with E-state index in [1.54, 1.807) is 0 Å². The minimum atomic E-state index is -2.54. The van der Waals surface area contributed by atoms with Gasteiger partial charge in [-0.15, -0.1) is 0 Å². The van der Waals surface area contributed by atoms with Crippen molar-refractivity contribution in [1.29, 1.82) is 0 Å². The second-order valence-corrected chi connectivity index (χ2v) is 2.32. The van der Waals surface area contributed by atoms with Crippen LogP contribution in [-0.2, 0) is 4.79 Å². The molecule has 0 aliphatic rings. The first-order chi connectivity index (χ1) is 7.13. The summed E-state index contributed by atoms with van der Waals surface area (Å²) in [4.78, 5) is 9.91. The molecule has 0 N–H and O–H groups in total. The van der Waals surface area contributed by atoms with Crippen LogP contribution in [0, 0.1) is 0 Å². The number of hydrogen-bond donors (Lipinski definition) is 0. The zero-order valence-corrected chi connectivity index (χ0v) is 7.25. The summed E-state index contributed by atoms with van der Waals surface area (Å²) in [6.07, 6.45) is -2.54. The smallest absolute Gasteiger partial charge is 0.344 e. The van der Waals surface area contributed by atoms with E-state index in [2.05, 4.69) is 9.47 Å². The zero-order valence-electron chi connectivity index (χ0n) is 7.25. The lowest BCUT2D eigenvalue weighted by atomic mass is 10.3. The quantitative estimate of drug-likeness (QED) is 0.575. The molecule has 0 atom stereocenters. The third kappa shape index (κ3) is 3.34. The maximum absolute atomic E-state index is 12.3. The molecule has 80 valence electrons. The van der Waals surface area contributed by atoms with Gasteiger partial charge in [0.1, 0.15) is 11.5 Å². The summed E-state index contributed by atoms with van der Waals surface area (Å²) in [5.74, 6) is 0.0704. The van der Waals surface area contributed by atoms with Crippen molar-refractivity contribution in [2.24, 2.45) is 0 Å². The van der Waals surface area contributed by atoms with E-state index in [9.17, 15) is 18.0 Å². The van der Waals surface area contributed by atoms with Crippen LogP contribution in [0.2, 0.25) is 0 Å². The molecule has 0 spiro atoms. The van der Waals surface area contributed by atoms with Gasteiger partial charge >= 0.3 is 12.1 Å². The normalized spacial score (nSPS) is 9.27. The van der Waals surface area contributed by atoms with E-state index in [0.717, 1.165) is 0 Å². The van der Waals surface area contributed by atoms with Crippen LogP contribution in [0.1, 0.15) is 0 Å². The number of rotatable bonds is 4. The Hall–Kier alpha value is -1.98. The van der Waals surface area contributed by atoms with Gasteiger partial charge in [-0.25, -0.2) is 0 Å². The third-order valence-corrected chi connectivity index (χ3v) is 1.36. The van der Waals surface area contributed by atoms with Gasteiger partial charge in [0.15, 0.2) is 0 Å². The van der Waals surface area contributed by atoms with Crippen molar-refractivity contribution in [2.45, 2.75) is 0 Å². The zero-order chi connectivity index (χ0) is 11.3. The predicted octanol–water partition coefficient (Wildman–Crippen LogP) is 2.64. The molecule has 0 bridgehead atoms. The average Bonchev–Trinajstić information content (AvgIpc) is 2.21. The summed E-state index contributed by atoms with van der Waals surface area (Å²) < 4.78 is 44.1. The Bertz CT molecular complexity index is 369. The van der Waals surface area contributed by atoms with Crippen molar-refractivity contribution in [2.75, 3.05) is 0 Å². The number of benzene rings is 1. The lowest BCUT2D eigenvalue weighted by molar-refractivity contribution is -0.120. The fraction of sp³-hybridized carbons (Fsp3) is 0. The Morgan fingerprint density at radius 2 is 1.60 bits per heavy atom. The molecular formula is C9H5F3O3. The SMILES string of the molecule is O=COc1ccc(OC(F)=C(F)F)cc1. The monoisotopic (exact) mass is 218 g/mol. The van der Waals surface area contributed by atoms with Crippen LogP contribution in [0.5, 0.6) is 11.5 Å². The summed E-state index contributed by atoms with van der Waals surface area (Å²) in [7, 11) is 0. The molecule has 1 aromatic carbocycles. The fourth-order valence-electron chi connectivity index (χ4n) is 0.784. The highest BCUT2D eigenvalue weighted by Crippen LogP contribution is 2.21. The van der Waals surface area contributed by atoms with Crippen molar-refractivity contribution in [3.63, 3.8) is 0 Å². The van der Waals surface area contributed by atoms with Crippen molar-refractivity contribution in [3.8, 4) is 11.5 Å². The van der Waals surface area contributed by atoms with Crippen LogP contribution in [0.4, 0.5) is 13.2 Å². The molecule has 6 heteroatoms. The average molecular weight is 218 g/mol. The molecule has 0 saturated carbocycles. The van der Waals surface area contributed by atoms with E-state index in [4.69, 9.17) is 0 Å². The molecule has 0 aromatic heterocycles. The molecule has 0 fully saturated rings. The maximum Gasteiger partial charge on any atom is 0.344 e. The molecule has 0 radical (unpaired) electrons. The first kappa shape index (κ1) is 11.1. The third-order valence-electron chi connectivity index (χ3n) is 1.36. The summed E-state index contributed by atoms with van der Waals surface area (Å²) in [5.41, 5.74) is 0. The van der Waals surface area contributed by atoms with Crippen LogP contribution in [0.25, 0.3) is 0 Å². The van der Waals surface area contributed by atoms with Crippen molar-refractivity contribution < 1.29 is 27.4 Å². The number of ether oxygens (including phenoxy) is 2. The van der Waals surface area contributed by atoms with E-state index in [-0.39, 0.29) is 18.0 Å². The van der Waals surface area contributed by atoms with Gasteiger partial charge in [-0.05, 0) is 24.3 Å². The van der Waals surface area contributed by atoms with Crippen LogP contribution in [0.15, 0.2) is 36.4 Å². The number of hydrogen-bond acceptors (Lipinski definition) is 3. The molecule has 1 rings (SSSR count). The van der Waals surface area contributed by atoms with Gasteiger partial charge in [-0.1, -0.05) is 0 Å². The first-order valence-corrected chi connectivity index (χ1v) is 3.72. The highest BCUT2D eigenvalue weighted by Gasteiger charge is 2.07. The van der Waals surface area contributed by atoms with Gasteiger partial charge in [0.25, 0.3) is 6.47 Å². The van der Waals surface area contributed by atoms with Gasteiger partial charge in [0.05, 0.1) is 0 Å². The second kappa shape index (κ2) is 5.04. The minimum absolute atomic E-state index is 0.126. The Labute approximate surface area is 82.7 Å². The molecule has 0 aliphatic carbocycles. The Kier molecular flexibility index (Phi) is 3.73. The standard InChI is InChI=1S/C9H5F3O3/c10-8(11)9(12)15-7-3-1-6(2-4-7)14-5-13/h1-5H. The predicted molar refractivity (Wildman–Crippen MR) is 44.1 cm³/mol. The highest BCUT2D eigenvalue weighted by molar-refractivity contribution is 5.46. The van der Waals surface area contributed by atoms with Crippen molar-refractivity contribution >= 4 is 6.47 Å². The lowest BCUT2D eigenvalue weighted by Gasteiger charge is -2.02. The summed E-state index contributed by atoms with van der Waals surface area (Å²) >= 11 is 0. The van der Waals surface area contributed by atoms with E-state index in [0.29, 0.717) is 0 Å². The number of halogens is 3.